The number of aryl methyl sites for hydroxylation is 1. The molecular weight excluding hydrogens is 524 g/mol. The van der Waals surface area contributed by atoms with E-state index in [4.69, 9.17) is 27.6 Å². The summed E-state index contributed by atoms with van der Waals surface area (Å²) < 4.78 is 44.6. The highest BCUT2D eigenvalue weighted by atomic mass is 35.5. The second kappa shape index (κ2) is 8.74. The van der Waals surface area contributed by atoms with Crippen LogP contribution >= 0.6 is 23.2 Å². The number of carboxylic acids is 1. The van der Waals surface area contributed by atoms with Crippen molar-refractivity contribution in [3.63, 3.8) is 0 Å². The summed E-state index contributed by atoms with van der Waals surface area (Å²) in [5.41, 5.74) is 0.256. The molecule has 0 unspecified atom stereocenters. The van der Waals surface area contributed by atoms with Crippen LogP contribution in [0.5, 0.6) is 0 Å². The second-order valence-electron chi connectivity index (χ2n) is 8.94. The number of anilines is 1. The Morgan fingerprint density at radius 1 is 1.25 bits per heavy atom. The average Bonchev–Trinajstić information content (AvgIpc) is 3.18. The maximum atomic E-state index is 13.0. The van der Waals surface area contributed by atoms with Crippen LogP contribution in [0.1, 0.15) is 43.6 Å². The van der Waals surface area contributed by atoms with E-state index in [2.05, 4.69) is 15.3 Å². The third kappa shape index (κ3) is 4.41. The van der Waals surface area contributed by atoms with E-state index in [9.17, 15) is 27.9 Å². The Balaban J connectivity index is 1.26. The topological polar surface area (TPSA) is 111 Å². The van der Waals surface area contributed by atoms with Crippen LogP contribution in [0.3, 0.4) is 0 Å². The SMILES string of the molecule is Cc1[nH]c(C(=O)N[C@H]2[C@@H]3CN(c4nc(Cc5cccc(C(F)(F)F)c5)c(C(=O)O)o4)C[C@@H]32)c(Cl)c1Cl. The predicted molar refractivity (Wildman–Crippen MR) is 124 cm³/mol. The van der Waals surface area contributed by atoms with E-state index in [0.717, 1.165) is 12.1 Å². The fraction of sp³-hybridized carbons (Fsp3) is 0.348. The number of benzene rings is 1. The number of hydrogen-bond donors (Lipinski definition) is 3. The number of oxazole rings is 1. The van der Waals surface area contributed by atoms with Gasteiger partial charge >= 0.3 is 12.1 Å². The van der Waals surface area contributed by atoms with Crippen LogP contribution in [0.15, 0.2) is 28.7 Å². The van der Waals surface area contributed by atoms with E-state index in [1.807, 2.05) is 0 Å². The van der Waals surface area contributed by atoms with Crippen LogP contribution in [0.4, 0.5) is 19.2 Å². The lowest BCUT2D eigenvalue weighted by Gasteiger charge is -2.17. The van der Waals surface area contributed by atoms with Gasteiger partial charge in [0.15, 0.2) is 0 Å². The molecule has 0 bridgehead atoms. The summed E-state index contributed by atoms with van der Waals surface area (Å²) in [4.78, 5) is 33.2. The molecule has 2 aromatic heterocycles. The number of aromatic carboxylic acids is 1. The molecule has 5 rings (SSSR count). The van der Waals surface area contributed by atoms with Crippen LogP contribution in [0.25, 0.3) is 0 Å². The zero-order chi connectivity index (χ0) is 25.9. The minimum absolute atomic E-state index is 0.0379. The predicted octanol–water partition coefficient (Wildman–Crippen LogP) is 4.79. The van der Waals surface area contributed by atoms with Gasteiger partial charge in [-0.05, 0) is 18.6 Å². The number of nitrogens with one attached hydrogen (secondary N) is 2. The van der Waals surface area contributed by atoms with Crippen molar-refractivity contribution >= 4 is 41.1 Å². The molecule has 0 spiro atoms. The van der Waals surface area contributed by atoms with Crippen LogP contribution in [0, 0.1) is 18.8 Å². The van der Waals surface area contributed by atoms with Crippen LogP contribution in [-0.2, 0) is 12.6 Å². The van der Waals surface area contributed by atoms with E-state index < -0.39 is 23.5 Å². The number of nitrogens with zero attached hydrogens (tertiary/aromatic N) is 2. The summed E-state index contributed by atoms with van der Waals surface area (Å²) in [5.74, 6) is -1.94. The van der Waals surface area contributed by atoms with E-state index in [1.54, 1.807) is 11.8 Å². The number of alkyl halides is 3. The molecule has 190 valence electrons. The number of rotatable bonds is 6. The van der Waals surface area contributed by atoms with Gasteiger partial charge in [-0.3, -0.25) is 4.79 Å². The van der Waals surface area contributed by atoms with Crippen molar-refractivity contribution in [3.8, 4) is 0 Å². The molecule has 3 heterocycles. The van der Waals surface area contributed by atoms with Crippen molar-refractivity contribution in [2.24, 2.45) is 11.8 Å². The molecule has 1 aliphatic carbocycles. The van der Waals surface area contributed by atoms with Gasteiger partial charge in [-0.2, -0.15) is 18.2 Å². The summed E-state index contributed by atoms with van der Waals surface area (Å²) in [6.45, 7) is 2.64. The number of H-pyrrole nitrogens is 1. The van der Waals surface area contributed by atoms with Crippen molar-refractivity contribution in [2.45, 2.75) is 25.6 Å². The van der Waals surface area contributed by atoms with Crippen LogP contribution in [-0.4, -0.2) is 46.1 Å². The smallest absolute Gasteiger partial charge is 0.416 e. The van der Waals surface area contributed by atoms with Gasteiger partial charge in [0.1, 0.15) is 11.4 Å². The van der Waals surface area contributed by atoms with Gasteiger partial charge in [0.2, 0.25) is 5.76 Å². The van der Waals surface area contributed by atoms with Gasteiger partial charge < -0.3 is 24.7 Å². The molecule has 1 aliphatic heterocycles. The summed E-state index contributed by atoms with van der Waals surface area (Å²) in [6, 6.07) is 4.63. The Hall–Kier alpha value is -3.18. The molecule has 1 amide bonds. The average molecular weight is 543 g/mol. The second-order valence-corrected chi connectivity index (χ2v) is 9.69. The fourth-order valence-electron chi connectivity index (χ4n) is 4.66. The largest absolute Gasteiger partial charge is 0.475 e. The molecule has 2 fully saturated rings. The molecule has 1 aromatic carbocycles. The van der Waals surface area contributed by atoms with Gasteiger partial charge in [0, 0.05) is 43.1 Å². The zero-order valence-electron chi connectivity index (χ0n) is 18.6. The Bertz CT molecular complexity index is 1360. The maximum absolute atomic E-state index is 13.0. The number of piperidine rings is 1. The first kappa shape index (κ1) is 24.5. The highest BCUT2D eigenvalue weighted by Crippen LogP contribution is 2.47. The number of halogens is 5. The summed E-state index contributed by atoms with van der Waals surface area (Å²) in [6.07, 6.45) is -4.65. The molecule has 2 aliphatic rings. The van der Waals surface area contributed by atoms with Crippen LogP contribution in [0.2, 0.25) is 10.0 Å². The van der Waals surface area contributed by atoms with E-state index in [-0.39, 0.29) is 58.2 Å². The number of aromatic amines is 1. The van der Waals surface area contributed by atoms with Gasteiger partial charge in [-0.25, -0.2) is 4.79 Å². The molecule has 1 saturated carbocycles. The Labute approximate surface area is 212 Å². The van der Waals surface area contributed by atoms with Gasteiger partial charge in [0.05, 0.1) is 15.6 Å². The molecule has 3 atom stereocenters. The highest BCUT2D eigenvalue weighted by Gasteiger charge is 2.57. The van der Waals surface area contributed by atoms with Crippen molar-refractivity contribution in [3.05, 3.63) is 68.3 Å². The molecule has 3 aromatic rings. The third-order valence-electron chi connectivity index (χ3n) is 6.55. The van der Waals surface area contributed by atoms with Gasteiger partial charge in [-0.15, -0.1) is 0 Å². The van der Waals surface area contributed by atoms with Crippen molar-refractivity contribution in [1.29, 1.82) is 0 Å². The minimum atomic E-state index is -4.51. The first-order valence-corrected chi connectivity index (χ1v) is 11.7. The summed E-state index contributed by atoms with van der Waals surface area (Å²) >= 11 is 12.1. The molecule has 1 saturated heterocycles. The number of hydrogen-bond acceptors (Lipinski definition) is 5. The van der Waals surface area contributed by atoms with Crippen molar-refractivity contribution < 1.29 is 32.3 Å². The fourth-order valence-corrected chi connectivity index (χ4v) is 5.08. The Kier molecular flexibility index (Phi) is 5.95. The first-order valence-electron chi connectivity index (χ1n) is 10.9. The molecular formula is C23H19Cl2F3N4O4. The lowest BCUT2D eigenvalue weighted by Crippen LogP contribution is -2.35. The van der Waals surface area contributed by atoms with E-state index in [1.165, 1.54) is 12.1 Å². The maximum Gasteiger partial charge on any atom is 0.416 e. The highest BCUT2D eigenvalue weighted by molar-refractivity contribution is 6.44. The van der Waals surface area contributed by atoms with Gasteiger partial charge in [-0.1, -0.05) is 41.4 Å². The Morgan fingerprint density at radius 3 is 2.53 bits per heavy atom. The third-order valence-corrected chi connectivity index (χ3v) is 7.50. The van der Waals surface area contributed by atoms with E-state index >= 15 is 0 Å². The van der Waals surface area contributed by atoms with Crippen molar-refractivity contribution in [1.82, 2.24) is 15.3 Å². The zero-order valence-corrected chi connectivity index (χ0v) is 20.1. The van der Waals surface area contributed by atoms with Gasteiger partial charge in [0.25, 0.3) is 11.9 Å². The Morgan fingerprint density at radius 2 is 1.94 bits per heavy atom. The number of carbonyl (C=O) groups is 2. The number of fused-ring (bicyclic) bond motifs is 1. The quantitative estimate of drug-likeness (QED) is 0.413. The standard InChI is InChI=1S/C23H19Cl2F3N4O4/c1-9-15(24)16(25)18(29-9)20(33)31-17-12-7-32(8-13(12)17)22-30-14(19(36-22)21(34)35)6-10-3-2-4-11(5-10)23(26,27)28/h2-5,12-13,17,29H,6-8H2,1H3,(H,31,33)(H,34,35)/t12-,13+,17+. The number of amides is 1. The molecule has 0 radical (unpaired) electrons. The minimum Gasteiger partial charge on any atom is -0.475 e. The normalized spacial score (nSPS) is 20.9. The monoisotopic (exact) mass is 542 g/mol. The molecule has 13 heteroatoms. The number of carbonyl (C=O) groups excluding carboxylic acids is 1. The lowest BCUT2D eigenvalue weighted by molar-refractivity contribution is -0.137. The van der Waals surface area contributed by atoms with E-state index in [0.29, 0.717) is 23.8 Å². The molecule has 3 N–H and O–H groups in total. The lowest BCUT2D eigenvalue weighted by atomic mass is 10.1. The first-order chi connectivity index (χ1) is 16.9. The van der Waals surface area contributed by atoms with Crippen molar-refractivity contribution in [2.75, 3.05) is 18.0 Å². The summed E-state index contributed by atoms with van der Waals surface area (Å²) in [7, 11) is 0. The number of aromatic nitrogens is 2. The summed E-state index contributed by atoms with van der Waals surface area (Å²) in [5, 5.41) is 12.9. The molecule has 8 nitrogen and oxygen atoms in total. The molecule has 36 heavy (non-hydrogen) atoms. The van der Waals surface area contributed by atoms with Crippen LogP contribution < -0.4 is 10.2 Å². The number of carboxylic acid groups (broad SMARTS) is 1.